The predicted octanol–water partition coefficient (Wildman–Crippen LogP) is 3.11. The normalized spacial score (nSPS) is 19.0. The topological polar surface area (TPSA) is 63.9 Å². The summed E-state index contributed by atoms with van der Waals surface area (Å²) in [5, 5.41) is 30.3. The first-order valence-corrected chi connectivity index (χ1v) is 7.85. The van der Waals surface area contributed by atoms with Gasteiger partial charge in [-0.3, -0.25) is 4.90 Å². The van der Waals surface area contributed by atoms with Crippen molar-refractivity contribution in [1.82, 2.24) is 4.90 Å². The number of hydrogen-bond donors (Lipinski definition) is 3. The third-order valence-electron chi connectivity index (χ3n) is 4.98. The first-order chi connectivity index (χ1) is 11.1. The molecule has 0 amide bonds. The van der Waals surface area contributed by atoms with Gasteiger partial charge in [0.15, 0.2) is 11.5 Å². The van der Waals surface area contributed by atoms with E-state index in [1.165, 1.54) is 6.07 Å². The summed E-state index contributed by atoms with van der Waals surface area (Å²) in [5.41, 5.74) is 4.75. The second-order valence-corrected chi connectivity index (χ2v) is 6.29. The highest BCUT2D eigenvalue weighted by Crippen LogP contribution is 2.51. The van der Waals surface area contributed by atoms with Crippen LogP contribution in [0.5, 0.6) is 17.2 Å². The maximum absolute atomic E-state index is 10.4. The molecule has 1 atom stereocenters. The highest BCUT2D eigenvalue weighted by molar-refractivity contribution is 5.83. The summed E-state index contributed by atoms with van der Waals surface area (Å²) in [4.78, 5) is 2.38. The molecule has 0 bridgehead atoms. The van der Waals surface area contributed by atoms with Crippen molar-refractivity contribution in [2.45, 2.75) is 18.9 Å². The van der Waals surface area contributed by atoms with Crippen molar-refractivity contribution in [2.75, 3.05) is 13.1 Å². The monoisotopic (exact) mass is 309 g/mol. The van der Waals surface area contributed by atoms with E-state index in [0.29, 0.717) is 5.56 Å². The van der Waals surface area contributed by atoms with Crippen LogP contribution in [0.2, 0.25) is 0 Å². The van der Waals surface area contributed by atoms with E-state index in [-0.39, 0.29) is 23.3 Å². The zero-order valence-electron chi connectivity index (χ0n) is 12.8. The summed E-state index contributed by atoms with van der Waals surface area (Å²) >= 11 is 0. The molecule has 2 aliphatic rings. The summed E-state index contributed by atoms with van der Waals surface area (Å²) in [7, 11) is 0. The first-order valence-electron chi connectivity index (χ1n) is 7.85. The summed E-state index contributed by atoms with van der Waals surface area (Å²) in [6.07, 6.45) is 3.55. The van der Waals surface area contributed by atoms with Gasteiger partial charge in [-0.05, 0) is 53.3 Å². The number of phenols is 3. The highest BCUT2D eigenvalue weighted by Gasteiger charge is 2.35. The molecule has 4 nitrogen and oxygen atoms in total. The van der Waals surface area contributed by atoms with Crippen molar-refractivity contribution < 1.29 is 15.3 Å². The molecule has 3 N–H and O–H groups in total. The minimum absolute atomic E-state index is 0.102. The van der Waals surface area contributed by atoms with Crippen LogP contribution in [0.4, 0.5) is 0 Å². The van der Waals surface area contributed by atoms with Crippen LogP contribution in [0.1, 0.15) is 22.7 Å². The van der Waals surface area contributed by atoms with Gasteiger partial charge < -0.3 is 15.3 Å². The van der Waals surface area contributed by atoms with Crippen LogP contribution < -0.4 is 0 Å². The molecule has 0 radical (unpaired) electrons. The fourth-order valence-corrected chi connectivity index (χ4v) is 4.02. The van der Waals surface area contributed by atoms with Crippen LogP contribution in [0.25, 0.3) is 11.1 Å². The molecule has 23 heavy (non-hydrogen) atoms. The summed E-state index contributed by atoms with van der Waals surface area (Å²) in [6.45, 7) is 5.58. The first kappa shape index (κ1) is 14.2. The molecule has 2 aromatic rings. The zero-order chi connectivity index (χ0) is 16.1. The third kappa shape index (κ3) is 2.02. The lowest BCUT2D eigenvalue weighted by Crippen LogP contribution is -2.38. The van der Waals surface area contributed by atoms with Crippen LogP contribution in [0.3, 0.4) is 0 Å². The SMILES string of the molecule is C=CCN1CCc2cc(O)cc3c2[C@H]1Cc1ccc(O)c(O)c1-3. The Bertz CT molecular complexity index is 813. The molecule has 1 heterocycles. The molecular formula is C19H19NO3. The smallest absolute Gasteiger partial charge is 0.165 e. The number of benzene rings is 2. The molecule has 2 aromatic carbocycles. The van der Waals surface area contributed by atoms with Crippen molar-refractivity contribution in [3.8, 4) is 28.4 Å². The van der Waals surface area contributed by atoms with Gasteiger partial charge in [-0.25, -0.2) is 0 Å². The standard InChI is InChI=1S/C19H19NO3/c1-2-6-20-7-5-12-8-13(21)10-14-17(12)15(20)9-11-3-4-16(22)19(23)18(11)14/h2-4,8,10,15,21-23H,1,5-7,9H2/t15-/m1/s1. The average Bonchev–Trinajstić information content (AvgIpc) is 2.53. The Morgan fingerprint density at radius 2 is 2.00 bits per heavy atom. The summed E-state index contributed by atoms with van der Waals surface area (Å²) in [5.74, 6) is -0.0297. The molecule has 0 unspecified atom stereocenters. The summed E-state index contributed by atoms with van der Waals surface area (Å²) < 4.78 is 0. The highest BCUT2D eigenvalue weighted by atomic mass is 16.3. The second-order valence-electron chi connectivity index (χ2n) is 6.29. The van der Waals surface area contributed by atoms with E-state index >= 15 is 0 Å². The Morgan fingerprint density at radius 1 is 1.17 bits per heavy atom. The lowest BCUT2D eigenvalue weighted by molar-refractivity contribution is 0.203. The van der Waals surface area contributed by atoms with Gasteiger partial charge in [0.05, 0.1) is 0 Å². The Labute approximate surface area is 134 Å². The molecule has 0 saturated carbocycles. The van der Waals surface area contributed by atoms with E-state index in [2.05, 4.69) is 11.5 Å². The molecular weight excluding hydrogens is 290 g/mol. The number of aromatic hydroxyl groups is 3. The lowest BCUT2D eigenvalue weighted by atomic mass is 9.76. The van der Waals surface area contributed by atoms with Crippen LogP contribution in [0.15, 0.2) is 36.9 Å². The van der Waals surface area contributed by atoms with E-state index in [9.17, 15) is 15.3 Å². The molecule has 0 spiro atoms. The summed E-state index contributed by atoms with van der Waals surface area (Å²) in [6, 6.07) is 7.12. The quantitative estimate of drug-likeness (QED) is 0.589. The second kappa shape index (κ2) is 5.03. The number of nitrogens with zero attached hydrogens (tertiary/aromatic N) is 1. The Balaban J connectivity index is 1.99. The van der Waals surface area contributed by atoms with Gasteiger partial charge >= 0.3 is 0 Å². The zero-order valence-corrected chi connectivity index (χ0v) is 12.8. The predicted molar refractivity (Wildman–Crippen MR) is 88.8 cm³/mol. The van der Waals surface area contributed by atoms with Crippen LogP contribution >= 0.6 is 0 Å². The van der Waals surface area contributed by atoms with Crippen LogP contribution in [-0.2, 0) is 12.8 Å². The molecule has 118 valence electrons. The van der Waals surface area contributed by atoms with E-state index in [0.717, 1.165) is 48.2 Å². The molecule has 4 rings (SSSR count). The van der Waals surface area contributed by atoms with E-state index < -0.39 is 0 Å². The molecule has 0 aromatic heterocycles. The Kier molecular flexibility index (Phi) is 3.10. The number of fused-ring (bicyclic) bond motifs is 2. The van der Waals surface area contributed by atoms with E-state index in [1.807, 2.05) is 18.2 Å². The van der Waals surface area contributed by atoms with Crippen molar-refractivity contribution in [1.29, 1.82) is 0 Å². The molecule has 0 fully saturated rings. The minimum Gasteiger partial charge on any atom is -0.508 e. The van der Waals surface area contributed by atoms with Crippen molar-refractivity contribution >= 4 is 0 Å². The van der Waals surface area contributed by atoms with Crippen molar-refractivity contribution in [3.05, 3.63) is 53.6 Å². The lowest BCUT2D eigenvalue weighted by Gasteiger charge is -2.41. The maximum atomic E-state index is 10.4. The van der Waals surface area contributed by atoms with E-state index in [4.69, 9.17) is 0 Å². The van der Waals surface area contributed by atoms with Crippen LogP contribution in [-0.4, -0.2) is 33.3 Å². The maximum Gasteiger partial charge on any atom is 0.165 e. The van der Waals surface area contributed by atoms with Gasteiger partial charge in [-0.15, -0.1) is 6.58 Å². The minimum atomic E-state index is -0.127. The fraction of sp³-hybridized carbons (Fsp3) is 0.263. The average molecular weight is 309 g/mol. The molecule has 0 saturated heterocycles. The van der Waals surface area contributed by atoms with Gasteiger partial charge in [0.25, 0.3) is 0 Å². The number of rotatable bonds is 2. The fourth-order valence-electron chi connectivity index (χ4n) is 4.02. The Hall–Kier alpha value is -2.46. The van der Waals surface area contributed by atoms with Gasteiger partial charge in [0.1, 0.15) is 5.75 Å². The number of hydrogen-bond acceptors (Lipinski definition) is 4. The van der Waals surface area contributed by atoms with Gasteiger partial charge in [-0.2, -0.15) is 0 Å². The largest absolute Gasteiger partial charge is 0.508 e. The van der Waals surface area contributed by atoms with Crippen molar-refractivity contribution in [3.63, 3.8) is 0 Å². The van der Waals surface area contributed by atoms with Gasteiger partial charge in [0, 0.05) is 24.7 Å². The van der Waals surface area contributed by atoms with E-state index in [1.54, 1.807) is 6.07 Å². The molecule has 4 heteroatoms. The third-order valence-corrected chi connectivity index (χ3v) is 4.98. The van der Waals surface area contributed by atoms with Crippen LogP contribution in [0, 0.1) is 0 Å². The molecule has 1 aliphatic heterocycles. The van der Waals surface area contributed by atoms with Gasteiger partial charge in [-0.1, -0.05) is 12.1 Å². The van der Waals surface area contributed by atoms with Crippen molar-refractivity contribution in [2.24, 2.45) is 0 Å². The molecule has 1 aliphatic carbocycles. The van der Waals surface area contributed by atoms with Gasteiger partial charge in [0.2, 0.25) is 0 Å². The Morgan fingerprint density at radius 3 is 2.78 bits per heavy atom. The number of phenolic OH excluding ortho intramolecular Hbond substituents is 3.